The molecule has 1 aromatic carbocycles. The number of likely N-dealkylation sites (tertiary alicyclic amines) is 1. The number of rotatable bonds is 4. The molecule has 2 aliphatic heterocycles. The second-order valence-electron chi connectivity index (χ2n) is 9.23. The standard InChI is InChI=1S/C25H31F3N4O2/c1-18-15-31(23-22(25(26,27)28)9-6-12-29-23)16-19(2)32(18)24(33)34-21-10-13-30(14-11-21)17-20-7-4-3-5-8-20/h3-9,12,18-19,21H,10-11,13-17H2,1-2H3/t18-,19+. The van der Waals surface area contributed by atoms with Gasteiger partial charge >= 0.3 is 12.3 Å². The summed E-state index contributed by atoms with van der Waals surface area (Å²) in [6.07, 6.45) is -2.12. The van der Waals surface area contributed by atoms with Gasteiger partial charge in [-0.3, -0.25) is 9.80 Å². The summed E-state index contributed by atoms with van der Waals surface area (Å²) in [6.45, 7) is 6.78. The van der Waals surface area contributed by atoms with Gasteiger partial charge in [0.15, 0.2) is 0 Å². The van der Waals surface area contributed by atoms with Gasteiger partial charge in [0.25, 0.3) is 0 Å². The van der Waals surface area contributed by atoms with Crippen molar-refractivity contribution in [3.8, 4) is 0 Å². The van der Waals surface area contributed by atoms with E-state index in [-0.39, 0.29) is 37.1 Å². The van der Waals surface area contributed by atoms with Crippen molar-refractivity contribution in [2.45, 2.75) is 57.6 Å². The zero-order valence-electron chi connectivity index (χ0n) is 19.5. The van der Waals surface area contributed by atoms with Gasteiger partial charge in [-0.05, 0) is 44.4 Å². The topological polar surface area (TPSA) is 48.9 Å². The first-order chi connectivity index (χ1) is 16.2. The van der Waals surface area contributed by atoms with Gasteiger partial charge < -0.3 is 9.64 Å². The lowest BCUT2D eigenvalue weighted by atomic mass is 10.1. The van der Waals surface area contributed by atoms with Gasteiger partial charge in [-0.25, -0.2) is 9.78 Å². The van der Waals surface area contributed by atoms with Gasteiger partial charge in [0.1, 0.15) is 11.9 Å². The lowest BCUT2D eigenvalue weighted by molar-refractivity contribution is -0.137. The number of alkyl halides is 3. The molecule has 0 saturated carbocycles. The molecule has 0 spiro atoms. The minimum Gasteiger partial charge on any atom is -0.446 e. The van der Waals surface area contributed by atoms with E-state index < -0.39 is 17.8 Å². The number of hydrogen-bond donors (Lipinski definition) is 0. The Bertz CT molecular complexity index is 952. The predicted molar refractivity (Wildman–Crippen MR) is 123 cm³/mol. The van der Waals surface area contributed by atoms with Crippen LogP contribution in [0.4, 0.5) is 23.8 Å². The number of piperidine rings is 1. The second-order valence-corrected chi connectivity index (χ2v) is 9.23. The molecule has 9 heteroatoms. The molecule has 0 unspecified atom stereocenters. The summed E-state index contributed by atoms with van der Waals surface area (Å²) in [5.74, 6) is -0.0903. The minimum absolute atomic E-state index is 0.0903. The number of anilines is 1. The van der Waals surface area contributed by atoms with E-state index in [0.717, 1.165) is 38.5 Å². The summed E-state index contributed by atoms with van der Waals surface area (Å²) >= 11 is 0. The number of nitrogens with zero attached hydrogens (tertiary/aromatic N) is 4. The highest BCUT2D eigenvalue weighted by Crippen LogP contribution is 2.36. The maximum atomic E-state index is 13.5. The van der Waals surface area contributed by atoms with E-state index in [1.54, 1.807) is 9.80 Å². The van der Waals surface area contributed by atoms with Crippen LogP contribution in [0.25, 0.3) is 0 Å². The number of halogens is 3. The Balaban J connectivity index is 1.32. The highest BCUT2D eigenvalue weighted by atomic mass is 19.4. The number of hydrogen-bond acceptors (Lipinski definition) is 5. The van der Waals surface area contributed by atoms with Crippen molar-refractivity contribution in [2.24, 2.45) is 0 Å². The summed E-state index contributed by atoms with van der Waals surface area (Å²) in [6, 6.07) is 12.0. The van der Waals surface area contributed by atoms with Crippen LogP contribution in [0.3, 0.4) is 0 Å². The number of pyridine rings is 1. The molecule has 0 bridgehead atoms. The fraction of sp³-hybridized carbons (Fsp3) is 0.520. The minimum atomic E-state index is -4.48. The highest BCUT2D eigenvalue weighted by molar-refractivity contribution is 5.69. The molecule has 2 aromatic rings. The van der Waals surface area contributed by atoms with Gasteiger partial charge in [0.05, 0.1) is 17.6 Å². The third kappa shape index (κ3) is 5.63. The summed E-state index contributed by atoms with van der Waals surface area (Å²) in [5.41, 5.74) is 0.507. The predicted octanol–water partition coefficient (Wildman–Crippen LogP) is 4.80. The molecule has 0 N–H and O–H groups in total. The number of carbonyl (C=O) groups is 1. The fourth-order valence-corrected chi connectivity index (χ4v) is 4.96. The molecule has 1 aromatic heterocycles. The summed E-state index contributed by atoms with van der Waals surface area (Å²) < 4.78 is 46.2. The molecule has 184 valence electrons. The van der Waals surface area contributed by atoms with Crippen LogP contribution in [-0.4, -0.2) is 65.2 Å². The van der Waals surface area contributed by atoms with Crippen LogP contribution in [0, 0.1) is 0 Å². The van der Waals surface area contributed by atoms with Crippen LogP contribution >= 0.6 is 0 Å². The van der Waals surface area contributed by atoms with Gasteiger partial charge in [0, 0.05) is 38.9 Å². The quantitative estimate of drug-likeness (QED) is 0.635. The largest absolute Gasteiger partial charge is 0.446 e. The fourth-order valence-electron chi connectivity index (χ4n) is 4.96. The van der Waals surface area contributed by atoms with Crippen molar-refractivity contribution >= 4 is 11.9 Å². The molecule has 3 heterocycles. The Morgan fingerprint density at radius 3 is 2.29 bits per heavy atom. The van der Waals surface area contributed by atoms with Crippen molar-refractivity contribution < 1.29 is 22.7 Å². The Labute approximate surface area is 198 Å². The van der Waals surface area contributed by atoms with Crippen LogP contribution in [0.1, 0.15) is 37.8 Å². The molecule has 2 fully saturated rings. The molecule has 2 atom stereocenters. The normalized spacial score (nSPS) is 22.6. The molecule has 4 rings (SSSR count). The second kappa shape index (κ2) is 10.2. The third-order valence-corrected chi connectivity index (χ3v) is 6.57. The van der Waals surface area contributed by atoms with Crippen molar-refractivity contribution in [1.82, 2.24) is 14.8 Å². The van der Waals surface area contributed by atoms with Gasteiger partial charge in [-0.2, -0.15) is 13.2 Å². The smallest absolute Gasteiger partial charge is 0.419 e. The molecule has 0 aliphatic carbocycles. The number of piperazine rings is 1. The number of amides is 1. The van der Waals surface area contributed by atoms with Crippen LogP contribution in [-0.2, 0) is 17.5 Å². The monoisotopic (exact) mass is 476 g/mol. The van der Waals surface area contributed by atoms with Crippen molar-refractivity contribution in [1.29, 1.82) is 0 Å². The Morgan fingerprint density at radius 2 is 1.68 bits per heavy atom. The van der Waals surface area contributed by atoms with Crippen LogP contribution in [0.5, 0.6) is 0 Å². The molecule has 2 aliphatic rings. The van der Waals surface area contributed by atoms with E-state index in [0.29, 0.717) is 0 Å². The van der Waals surface area contributed by atoms with E-state index in [2.05, 4.69) is 22.0 Å². The van der Waals surface area contributed by atoms with E-state index in [1.807, 2.05) is 32.0 Å². The van der Waals surface area contributed by atoms with Crippen LogP contribution in [0.2, 0.25) is 0 Å². The lowest BCUT2D eigenvalue weighted by Gasteiger charge is -2.45. The van der Waals surface area contributed by atoms with E-state index >= 15 is 0 Å². The SMILES string of the molecule is C[C@@H]1CN(c2ncccc2C(F)(F)F)C[C@H](C)N1C(=O)OC1CCN(Cc2ccccc2)CC1. The molecule has 6 nitrogen and oxygen atoms in total. The molecule has 1 amide bonds. The number of ether oxygens (including phenoxy) is 1. The van der Waals surface area contributed by atoms with Crippen LogP contribution < -0.4 is 4.90 Å². The summed E-state index contributed by atoms with van der Waals surface area (Å²) in [5, 5.41) is 0. The van der Waals surface area contributed by atoms with Crippen LogP contribution in [0.15, 0.2) is 48.7 Å². The average Bonchev–Trinajstić information content (AvgIpc) is 2.80. The maximum absolute atomic E-state index is 13.5. The maximum Gasteiger partial charge on any atom is 0.419 e. The van der Waals surface area contributed by atoms with Gasteiger partial charge in [-0.15, -0.1) is 0 Å². The van der Waals surface area contributed by atoms with Crippen molar-refractivity contribution in [2.75, 3.05) is 31.1 Å². The molecular weight excluding hydrogens is 445 g/mol. The first kappa shape index (κ1) is 24.3. The summed E-state index contributed by atoms with van der Waals surface area (Å²) in [4.78, 5) is 22.6. The van der Waals surface area contributed by atoms with Crippen molar-refractivity contribution in [3.05, 3.63) is 59.8 Å². The first-order valence-electron chi connectivity index (χ1n) is 11.7. The van der Waals surface area contributed by atoms with Gasteiger partial charge in [0.2, 0.25) is 0 Å². The number of benzene rings is 1. The Hall–Kier alpha value is -2.81. The zero-order valence-corrected chi connectivity index (χ0v) is 19.5. The number of aromatic nitrogens is 1. The summed E-state index contributed by atoms with van der Waals surface area (Å²) in [7, 11) is 0. The van der Waals surface area contributed by atoms with E-state index in [9.17, 15) is 18.0 Å². The van der Waals surface area contributed by atoms with E-state index in [4.69, 9.17) is 4.74 Å². The highest BCUT2D eigenvalue weighted by Gasteiger charge is 2.40. The van der Waals surface area contributed by atoms with E-state index in [1.165, 1.54) is 17.8 Å². The molecule has 34 heavy (non-hydrogen) atoms. The molecular formula is C25H31F3N4O2. The average molecular weight is 477 g/mol. The molecule has 0 radical (unpaired) electrons. The third-order valence-electron chi connectivity index (χ3n) is 6.57. The lowest BCUT2D eigenvalue weighted by Crippen LogP contribution is -2.59. The zero-order chi connectivity index (χ0) is 24.3. The Kier molecular flexibility index (Phi) is 7.30. The van der Waals surface area contributed by atoms with Crippen molar-refractivity contribution in [3.63, 3.8) is 0 Å². The Morgan fingerprint density at radius 1 is 1.03 bits per heavy atom. The van der Waals surface area contributed by atoms with Gasteiger partial charge in [-0.1, -0.05) is 30.3 Å². The first-order valence-corrected chi connectivity index (χ1v) is 11.7. The molecule has 2 saturated heterocycles. The number of carbonyl (C=O) groups excluding carboxylic acids is 1.